The van der Waals surface area contributed by atoms with Crippen LogP contribution in [0.15, 0.2) is 90.0 Å². The van der Waals surface area contributed by atoms with Crippen LogP contribution in [0.25, 0.3) is 22.4 Å². The molecule has 0 fully saturated rings. The van der Waals surface area contributed by atoms with Crippen molar-refractivity contribution in [1.82, 2.24) is 4.98 Å². The van der Waals surface area contributed by atoms with E-state index in [1.165, 1.54) is 11.1 Å². The predicted molar refractivity (Wildman–Crippen MR) is 151 cm³/mol. The van der Waals surface area contributed by atoms with Crippen LogP contribution in [0.5, 0.6) is 5.75 Å². The molecule has 36 heavy (non-hydrogen) atoms. The lowest BCUT2D eigenvalue weighted by Crippen LogP contribution is -2.02. The second-order valence-corrected chi connectivity index (χ2v) is 10.3. The Bertz CT molecular complexity index is 1330. The molecule has 0 spiro atoms. The van der Waals surface area contributed by atoms with Gasteiger partial charge >= 0.3 is 0 Å². The van der Waals surface area contributed by atoms with Crippen LogP contribution in [-0.4, -0.2) is 17.3 Å². The molecule has 0 radical (unpaired) electrons. The third-order valence-electron chi connectivity index (χ3n) is 6.08. The molecule has 1 aromatic heterocycles. The quantitative estimate of drug-likeness (QED) is 0.164. The van der Waals surface area contributed by atoms with E-state index in [0.717, 1.165) is 51.8 Å². The molecule has 3 aromatic carbocycles. The molecule has 0 amide bonds. The fourth-order valence-electron chi connectivity index (χ4n) is 4.13. The van der Waals surface area contributed by atoms with E-state index < -0.39 is 0 Å². The molecule has 4 rings (SSSR count). The molecular formula is C32H32N2OS. The maximum Gasteiger partial charge on any atom is 0.122 e. The number of unbranched alkanes of at least 4 members (excludes halogenated alkanes) is 1. The molecule has 0 atom stereocenters. The van der Waals surface area contributed by atoms with Gasteiger partial charge in [-0.15, -0.1) is 11.8 Å². The number of pyridine rings is 1. The predicted octanol–water partition coefficient (Wildman–Crippen LogP) is 8.67. The number of hydrogen-bond donors (Lipinski definition) is 0. The molecule has 0 saturated heterocycles. The first kappa shape index (κ1) is 25.5. The van der Waals surface area contributed by atoms with Crippen LogP contribution in [0.2, 0.25) is 0 Å². The third kappa shape index (κ3) is 6.36. The molecular weight excluding hydrogens is 460 g/mol. The minimum absolute atomic E-state index is 0.433. The second kappa shape index (κ2) is 12.4. The molecule has 3 nitrogen and oxygen atoms in total. The van der Waals surface area contributed by atoms with Crippen molar-refractivity contribution in [3.8, 4) is 34.2 Å². The van der Waals surface area contributed by atoms with Crippen molar-refractivity contribution in [1.29, 1.82) is 5.26 Å². The molecule has 0 unspecified atom stereocenters. The Labute approximate surface area is 219 Å². The van der Waals surface area contributed by atoms with E-state index in [-0.39, 0.29) is 0 Å². The van der Waals surface area contributed by atoms with E-state index >= 15 is 0 Å². The fraction of sp³-hybridized carbons (Fsp3) is 0.250. The van der Waals surface area contributed by atoms with E-state index in [1.54, 1.807) is 11.8 Å². The van der Waals surface area contributed by atoms with Crippen LogP contribution in [0.3, 0.4) is 0 Å². The highest BCUT2D eigenvalue weighted by Crippen LogP contribution is 2.34. The number of aromatic nitrogens is 1. The summed E-state index contributed by atoms with van der Waals surface area (Å²) in [6.07, 6.45) is 1.93. The minimum Gasteiger partial charge on any atom is -0.493 e. The topological polar surface area (TPSA) is 45.9 Å². The normalized spacial score (nSPS) is 10.9. The van der Waals surface area contributed by atoms with Crippen molar-refractivity contribution in [3.05, 3.63) is 102 Å². The molecule has 1 heterocycles. The van der Waals surface area contributed by atoms with E-state index in [9.17, 15) is 5.26 Å². The minimum atomic E-state index is 0.433. The molecule has 4 heteroatoms. The number of hydrogen-bond acceptors (Lipinski definition) is 4. The van der Waals surface area contributed by atoms with E-state index in [2.05, 4.69) is 57.2 Å². The summed E-state index contributed by atoms with van der Waals surface area (Å²) >= 11 is 1.66. The van der Waals surface area contributed by atoms with Crippen LogP contribution >= 0.6 is 11.8 Å². The highest BCUT2D eigenvalue weighted by atomic mass is 32.2. The average Bonchev–Trinajstić information content (AvgIpc) is 2.91. The van der Waals surface area contributed by atoms with Gasteiger partial charge in [0.2, 0.25) is 0 Å². The summed E-state index contributed by atoms with van der Waals surface area (Å²) in [4.78, 5) is 4.92. The van der Waals surface area contributed by atoms with Crippen LogP contribution in [0.4, 0.5) is 0 Å². The van der Waals surface area contributed by atoms with Crippen LogP contribution in [0.1, 0.15) is 49.3 Å². The van der Waals surface area contributed by atoms with E-state index in [0.29, 0.717) is 18.1 Å². The largest absolute Gasteiger partial charge is 0.493 e. The van der Waals surface area contributed by atoms with Crippen molar-refractivity contribution in [2.24, 2.45) is 0 Å². The maximum absolute atomic E-state index is 10.1. The van der Waals surface area contributed by atoms with Gasteiger partial charge in [-0.1, -0.05) is 86.6 Å². The first-order valence-electron chi connectivity index (χ1n) is 12.5. The molecule has 0 bridgehead atoms. The molecule has 0 aliphatic rings. The molecule has 4 aromatic rings. The van der Waals surface area contributed by atoms with Crippen LogP contribution < -0.4 is 4.74 Å². The lowest BCUT2D eigenvalue weighted by molar-refractivity contribution is 0.305. The maximum atomic E-state index is 10.1. The van der Waals surface area contributed by atoms with Gasteiger partial charge < -0.3 is 4.74 Å². The van der Waals surface area contributed by atoms with Gasteiger partial charge in [-0.2, -0.15) is 5.26 Å². The summed E-state index contributed by atoms with van der Waals surface area (Å²) in [5.41, 5.74) is 7.01. The molecule has 0 aliphatic heterocycles. The zero-order chi connectivity index (χ0) is 25.3. The summed E-state index contributed by atoms with van der Waals surface area (Å²) in [6, 6.07) is 31.2. The highest BCUT2D eigenvalue weighted by Gasteiger charge is 2.16. The number of benzene rings is 3. The van der Waals surface area contributed by atoms with Gasteiger partial charge in [0.25, 0.3) is 0 Å². The monoisotopic (exact) mass is 492 g/mol. The van der Waals surface area contributed by atoms with E-state index in [4.69, 9.17) is 9.72 Å². The SMILES string of the molecule is Cc1ccc(C(C)C)c(OCCCCSc2nc(-c3ccccc3)cc(-c3ccccc3)c2C#N)c1. The number of nitriles is 1. The first-order valence-corrected chi connectivity index (χ1v) is 13.5. The van der Waals surface area contributed by atoms with Crippen molar-refractivity contribution in [3.63, 3.8) is 0 Å². The summed E-state index contributed by atoms with van der Waals surface area (Å²) < 4.78 is 6.15. The average molecular weight is 493 g/mol. The zero-order valence-corrected chi connectivity index (χ0v) is 22.0. The Balaban J connectivity index is 1.46. The summed E-state index contributed by atoms with van der Waals surface area (Å²) in [7, 11) is 0. The van der Waals surface area contributed by atoms with Crippen LogP contribution in [0, 0.1) is 18.3 Å². The van der Waals surface area contributed by atoms with Gasteiger partial charge in [-0.3, -0.25) is 0 Å². The number of rotatable bonds is 10. The highest BCUT2D eigenvalue weighted by molar-refractivity contribution is 7.99. The van der Waals surface area contributed by atoms with Gasteiger partial charge in [0.05, 0.1) is 17.9 Å². The number of thioether (sulfide) groups is 1. The third-order valence-corrected chi connectivity index (χ3v) is 7.14. The lowest BCUT2D eigenvalue weighted by atomic mass is 9.99. The van der Waals surface area contributed by atoms with Gasteiger partial charge in [0.15, 0.2) is 0 Å². The molecule has 0 N–H and O–H groups in total. The Morgan fingerprint density at radius 3 is 2.25 bits per heavy atom. The first-order chi connectivity index (χ1) is 17.6. The molecule has 0 aliphatic carbocycles. The van der Waals surface area contributed by atoms with Crippen molar-refractivity contribution < 1.29 is 4.74 Å². The van der Waals surface area contributed by atoms with E-state index in [1.807, 2.05) is 54.6 Å². The Morgan fingerprint density at radius 1 is 0.889 bits per heavy atom. The fourth-order valence-corrected chi connectivity index (χ4v) is 5.14. The summed E-state index contributed by atoms with van der Waals surface area (Å²) in [6.45, 7) is 7.17. The zero-order valence-electron chi connectivity index (χ0n) is 21.2. The van der Waals surface area contributed by atoms with Crippen LogP contribution in [-0.2, 0) is 0 Å². The number of ether oxygens (including phenoxy) is 1. The second-order valence-electron chi connectivity index (χ2n) is 9.18. The summed E-state index contributed by atoms with van der Waals surface area (Å²) in [5, 5.41) is 10.8. The van der Waals surface area contributed by atoms with Gasteiger partial charge in [-0.05, 0) is 60.3 Å². The Morgan fingerprint density at radius 2 is 1.58 bits per heavy atom. The summed E-state index contributed by atoms with van der Waals surface area (Å²) in [5.74, 6) is 2.30. The van der Waals surface area contributed by atoms with Gasteiger partial charge in [0, 0.05) is 11.1 Å². The number of nitrogens with zero attached hydrogens (tertiary/aromatic N) is 2. The molecule has 182 valence electrons. The van der Waals surface area contributed by atoms with Crippen molar-refractivity contribution in [2.75, 3.05) is 12.4 Å². The van der Waals surface area contributed by atoms with Crippen molar-refractivity contribution >= 4 is 11.8 Å². The lowest BCUT2D eigenvalue weighted by Gasteiger charge is -2.15. The Hall–Kier alpha value is -3.55. The standard InChI is InChI=1S/C32H32N2OS/c1-23(2)27-17-16-24(3)20-31(27)35-18-10-11-19-36-32-29(22-33)28(25-12-6-4-7-13-25)21-30(34-32)26-14-8-5-9-15-26/h4-9,12-17,20-21,23H,10-11,18-19H2,1-3H3. The molecule has 0 saturated carbocycles. The smallest absolute Gasteiger partial charge is 0.122 e. The number of aryl methyl sites for hydroxylation is 1. The van der Waals surface area contributed by atoms with Gasteiger partial charge in [-0.25, -0.2) is 4.98 Å². The van der Waals surface area contributed by atoms with Crippen molar-refractivity contribution in [2.45, 2.75) is 44.6 Å². The van der Waals surface area contributed by atoms with Gasteiger partial charge in [0.1, 0.15) is 16.8 Å². The Kier molecular flexibility index (Phi) is 8.81.